The first-order valence-electron chi connectivity index (χ1n) is 9.91. The van der Waals surface area contributed by atoms with Gasteiger partial charge in [0.15, 0.2) is 17.3 Å². The standard InChI is InChI=1S/C22H25ClFN5O3/c1-13(10-25-11-20(30)29(2)3)32-19-8-14-17(9-18(19)31-4)26-12-27-22(14)28-16-7-5-6-15(23)21(16)24/h5-9,12-13,25H,10-11H2,1-4H3,(H,26,27,28)/t13-/m0/s1. The lowest BCUT2D eigenvalue weighted by Crippen LogP contribution is -2.37. The van der Waals surface area contributed by atoms with Crippen LogP contribution in [0.3, 0.4) is 0 Å². The predicted octanol–water partition coefficient (Wildman–Crippen LogP) is 3.62. The van der Waals surface area contributed by atoms with Crippen molar-refractivity contribution in [2.24, 2.45) is 0 Å². The summed E-state index contributed by atoms with van der Waals surface area (Å²) < 4.78 is 25.9. The molecule has 1 aromatic heterocycles. The summed E-state index contributed by atoms with van der Waals surface area (Å²) in [5.41, 5.74) is 0.787. The van der Waals surface area contributed by atoms with Crippen LogP contribution in [-0.4, -0.2) is 61.2 Å². The van der Waals surface area contributed by atoms with Crippen LogP contribution in [0.5, 0.6) is 11.5 Å². The van der Waals surface area contributed by atoms with Gasteiger partial charge in [0.1, 0.15) is 18.2 Å². The van der Waals surface area contributed by atoms with Gasteiger partial charge in [-0.2, -0.15) is 0 Å². The van der Waals surface area contributed by atoms with E-state index < -0.39 is 5.82 Å². The van der Waals surface area contributed by atoms with E-state index in [9.17, 15) is 9.18 Å². The number of anilines is 2. The average Bonchev–Trinajstić information content (AvgIpc) is 2.76. The second kappa shape index (κ2) is 10.4. The number of ether oxygens (including phenoxy) is 2. The van der Waals surface area contributed by atoms with Gasteiger partial charge in [0.05, 0.1) is 29.9 Å². The van der Waals surface area contributed by atoms with Crippen LogP contribution in [0.15, 0.2) is 36.7 Å². The molecule has 0 bridgehead atoms. The highest BCUT2D eigenvalue weighted by Gasteiger charge is 2.16. The predicted molar refractivity (Wildman–Crippen MR) is 122 cm³/mol. The Hall–Kier alpha value is -3.17. The number of hydrogen-bond donors (Lipinski definition) is 2. The fourth-order valence-electron chi connectivity index (χ4n) is 2.94. The summed E-state index contributed by atoms with van der Waals surface area (Å²) in [6.07, 6.45) is 1.12. The third-order valence-electron chi connectivity index (χ3n) is 4.66. The number of aromatic nitrogens is 2. The van der Waals surface area contributed by atoms with Crippen molar-refractivity contribution in [2.45, 2.75) is 13.0 Å². The monoisotopic (exact) mass is 461 g/mol. The van der Waals surface area contributed by atoms with Crippen molar-refractivity contribution in [1.82, 2.24) is 20.2 Å². The van der Waals surface area contributed by atoms with E-state index in [1.165, 1.54) is 24.4 Å². The minimum absolute atomic E-state index is 0.00752. The maximum Gasteiger partial charge on any atom is 0.236 e. The minimum Gasteiger partial charge on any atom is -0.493 e. The Balaban J connectivity index is 1.84. The van der Waals surface area contributed by atoms with Gasteiger partial charge in [-0.25, -0.2) is 14.4 Å². The van der Waals surface area contributed by atoms with Gasteiger partial charge in [0.2, 0.25) is 5.91 Å². The molecule has 0 fully saturated rings. The maximum atomic E-state index is 14.4. The molecule has 3 aromatic rings. The quantitative estimate of drug-likeness (QED) is 0.503. The molecule has 3 rings (SSSR count). The van der Waals surface area contributed by atoms with E-state index in [4.69, 9.17) is 21.1 Å². The molecule has 10 heteroatoms. The maximum absolute atomic E-state index is 14.4. The molecule has 0 aliphatic rings. The molecule has 170 valence electrons. The second-order valence-corrected chi connectivity index (χ2v) is 7.72. The molecule has 0 aliphatic carbocycles. The smallest absolute Gasteiger partial charge is 0.236 e. The number of benzene rings is 2. The number of halogens is 2. The molecule has 1 heterocycles. The molecule has 2 N–H and O–H groups in total. The Kier molecular flexibility index (Phi) is 7.66. The SMILES string of the molecule is COc1cc2ncnc(Nc3cccc(Cl)c3F)c2cc1O[C@@H](C)CNCC(=O)N(C)C. The Morgan fingerprint density at radius 2 is 2.03 bits per heavy atom. The van der Waals surface area contributed by atoms with Crippen molar-refractivity contribution in [3.63, 3.8) is 0 Å². The number of nitrogens with zero attached hydrogens (tertiary/aromatic N) is 3. The highest BCUT2D eigenvalue weighted by Crippen LogP contribution is 2.36. The molecule has 2 aromatic carbocycles. The molecule has 0 saturated carbocycles. The summed E-state index contributed by atoms with van der Waals surface area (Å²) in [5.74, 6) is 0.760. The van der Waals surface area contributed by atoms with Gasteiger partial charge in [0.25, 0.3) is 0 Å². The summed E-state index contributed by atoms with van der Waals surface area (Å²) in [6.45, 7) is 2.53. The van der Waals surface area contributed by atoms with Crippen LogP contribution in [0.4, 0.5) is 15.9 Å². The molecular formula is C22H25ClFN5O3. The number of carbonyl (C=O) groups excluding carboxylic acids is 1. The molecule has 0 unspecified atom stereocenters. The van der Waals surface area contributed by atoms with E-state index in [0.29, 0.717) is 34.8 Å². The first-order valence-corrected chi connectivity index (χ1v) is 10.3. The van der Waals surface area contributed by atoms with Crippen molar-refractivity contribution >= 4 is 39.9 Å². The van der Waals surface area contributed by atoms with Gasteiger partial charge in [-0.15, -0.1) is 0 Å². The molecule has 32 heavy (non-hydrogen) atoms. The number of rotatable bonds is 9. The van der Waals surface area contributed by atoms with Crippen LogP contribution < -0.4 is 20.1 Å². The fraction of sp³-hybridized carbons (Fsp3) is 0.318. The first kappa shape index (κ1) is 23.5. The highest BCUT2D eigenvalue weighted by atomic mass is 35.5. The molecule has 0 radical (unpaired) electrons. The third-order valence-corrected chi connectivity index (χ3v) is 4.95. The van der Waals surface area contributed by atoms with Crippen molar-refractivity contribution in [3.8, 4) is 11.5 Å². The Morgan fingerprint density at radius 1 is 1.25 bits per heavy atom. The molecule has 1 atom stereocenters. The topological polar surface area (TPSA) is 88.6 Å². The molecule has 0 spiro atoms. The van der Waals surface area contributed by atoms with Gasteiger partial charge in [0, 0.05) is 32.1 Å². The van der Waals surface area contributed by atoms with E-state index in [1.807, 2.05) is 6.92 Å². The van der Waals surface area contributed by atoms with E-state index in [-0.39, 0.29) is 29.3 Å². The van der Waals surface area contributed by atoms with Gasteiger partial charge < -0.3 is 25.0 Å². The molecule has 0 saturated heterocycles. The van der Waals surface area contributed by atoms with Crippen molar-refractivity contribution in [3.05, 3.63) is 47.5 Å². The van der Waals surface area contributed by atoms with Crippen LogP contribution in [0.2, 0.25) is 5.02 Å². The number of nitrogens with one attached hydrogen (secondary N) is 2. The normalized spacial score (nSPS) is 11.8. The van der Waals surface area contributed by atoms with E-state index in [0.717, 1.165) is 0 Å². The zero-order valence-electron chi connectivity index (χ0n) is 18.3. The van der Waals surface area contributed by atoms with E-state index in [1.54, 1.807) is 38.4 Å². The van der Waals surface area contributed by atoms with Crippen LogP contribution in [0.1, 0.15) is 6.92 Å². The lowest BCUT2D eigenvalue weighted by Gasteiger charge is -2.19. The third kappa shape index (κ3) is 5.54. The summed E-state index contributed by atoms with van der Waals surface area (Å²) in [6, 6.07) is 8.14. The lowest BCUT2D eigenvalue weighted by molar-refractivity contribution is -0.127. The number of fused-ring (bicyclic) bond motifs is 1. The fourth-order valence-corrected chi connectivity index (χ4v) is 3.12. The zero-order chi connectivity index (χ0) is 23.3. The largest absolute Gasteiger partial charge is 0.493 e. The van der Waals surface area contributed by atoms with Crippen molar-refractivity contribution in [1.29, 1.82) is 0 Å². The second-order valence-electron chi connectivity index (χ2n) is 7.32. The average molecular weight is 462 g/mol. The summed E-state index contributed by atoms with van der Waals surface area (Å²) in [7, 11) is 4.94. The minimum atomic E-state index is -0.571. The van der Waals surface area contributed by atoms with Crippen molar-refractivity contribution < 1.29 is 18.7 Å². The number of hydrogen-bond acceptors (Lipinski definition) is 7. The van der Waals surface area contributed by atoms with E-state index >= 15 is 0 Å². The van der Waals surface area contributed by atoms with Gasteiger partial charge in [-0.1, -0.05) is 17.7 Å². The number of amides is 1. The summed E-state index contributed by atoms with van der Waals surface area (Å²) in [5, 5.41) is 6.66. The van der Waals surface area contributed by atoms with Crippen LogP contribution in [-0.2, 0) is 4.79 Å². The van der Waals surface area contributed by atoms with Gasteiger partial charge >= 0.3 is 0 Å². The van der Waals surface area contributed by atoms with E-state index in [2.05, 4.69) is 20.6 Å². The summed E-state index contributed by atoms with van der Waals surface area (Å²) >= 11 is 5.88. The zero-order valence-corrected chi connectivity index (χ0v) is 19.0. The van der Waals surface area contributed by atoms with Gasteiger partial charge in [-0.3, -0.25) is 4.79 Å². The van der Waals surface area contributed by atoms with Crippen LogP contribution in [0.25, 0.3) is 10.9 Å². The molecular weight excluding hydrogens is 437 g/mol. The first-order chi connectivity index (χ1) is 15.3. The Bertz CT molecular complexity index is 1110. The lowest BCUT2D eigenvalue weighted by atomic mass is 10.2. The van der Waals surface area contributed by atoms with Crippen LogP contribution >= 0.6 is 11.6 Å². The molecule has 8 nitrogen and oxygen atoms in total. The number of methoxy groups -OCH3 is 1. The summed E-state index contributed by atoms with van der Waals surface area (Å²) in [4.78, 5) is 21.8. The van der Waals surface area contributed by atoms with Crippen LogP contribution in [0, 0.1) is 5.82 Å². The van der Waals surface area contributed by atoms with Gasteiger partial charge in [-0.05, 0) is 25.1 Å². The highest BCUT2D eigenvalue weighted by molar-refractivity contribution is 6.31. The number of likely N-dealkylation sites (N-methyl/N-ethyl adjacent to an activating group) is 1. The molecule has 0 aliphatic heterocycles. The number of carbonyl (C=O) groups is 1. The molecule has 1 amide bonds. The van der Waals surface area contributed by atoms with Crippen molar-refractivity contribution in [2.75, 3.05) is 39.6 Å². The Morgan fingerprint density at radius 3 is 2.75 bits per heavy atom. The Labute approximate surface area is 190 Å².